The lowest BCUT2D eigenvalue weighted by atomic mass is 10.0. The standard InChI is InChI=1S/C8H10ClNO/c9-8(11)7-3-6-1-2-10(4-6)5-7/h3,6H,1-2,4-5H2/t6-/m1/s1. The largest absolute Gasteiger partial charge is 0.298 e. The van der Waals surface area contributed by atoms with Gasteiger partial charge in [0, 0.05) is 18.7 Å². The van der Waals surface area contributed by atoms with Gasteiger partial charge in [0.25, 0.3) is 0 Å². The number of fused-ring (bicyclic) bond motifs is 2. The summed E-state index contributed by atoms with van der Waals surface area (Å²) in [6.45, 7) is 3.00. The molecule has 2 bridgehead atoms. The predicted molar refractivity (Wildman–Crippen MR) is 43.5 cm³/mol. The number of nitrogens with zero attached hydrogens (tertiary/aromatic N) is 1. The minimum atomic E-state index is -0.276. The summed E-state index contributed by atoms with van der Waals surface area (Å²) in [5, 5.41) is -0.276. The van der Waals surface area contributed by atoms with E-state index in [4.69, 9.17) is 11.6 Å². The molecule has 0 aromatic heterocycles. The van der Waals surface area contributed by atoms with Crippen LogP contribution in [-0.2, 0) is 4.79 Å². The van der Waals surface area contributed by atoms with Crippen LogP contribution in [0.25, 0.3) is 0 Å². The van der Waals surface area contributed by atoms with E-state index in [0.29, 0.717) is 5.92 Å². The molecule has 0 saturated carbocycles. The summed E-state index contributed by atoms with van der Waals surface area (Å²) in [6, 6.07) is 0. The Kier molecular flexibility index (Phi) is 1.74. The highest BCUT2D eigenvalue weighted by molar-refractivity contribution is 6.67. The Morgan fingerprint density at radius 1 is 1.73 bits per heavy atom. The smallest absolute Gasteiger partial charge is 0.249 e. The Hall–Kier alpha value is -0.340. The highest BCUT2D eigenvalue weighted by Gasteiger charge is 2.28. The van der Waals surface area contributed by atoms with Gasteiger partial charge >= 0.3 is 0 Å². The summed E-state index contributed by atoms with van der Waals surface area (Å²) in [6.07, 6.45) is 3.23. The van der Waals surface area contributed by atoms with Crippen LogP contribution in [0.2, 0.25) is 0 Å². The molecule has 2 rings (SSSR count). The fraction of sp³-hybridized carbons (Fsp3) is 0.625. The lowest BCUT2D eigenvalue weighted by Gasteiger charge is -2.20. The Morgan fingerprint density at radius 2 is 2.55 bits per heavy atom. The SMILES string of the molecule is O=C(Cl)C1=C[C@H]2CCN(C1)C2. The van der Waals surface area contributed by atoms with Gasteiger partial charge in [-0.15, -0.1) is 0 Å². The van der Waals surface area contributed by atoms with Crippen LogP contribution in [0, 0.1) is 5.92 Å². The normalized spacial score (nSPS) is 35.2. The summed E-state index contributed by atoms with van der Waals surface area (Å²) < 4.78 is 0. The van der Waals surface area contributed by atoms with Crippen molar-refractivity contribution >= 4 is 16.8 Å². The third-order valence-corrected chi connectivity index (χ3v) is 2.63. The Balaban J connectivity index is 2.19. The second-order valence-corrected chi connectivity index (χ2v) is 3.59. The zero-order valence-corrected chi connectivity index (χ0v) is 6.97. The molecule has 1 unspecified atom stereocenters. The summed E-state index contributed by atoms with van der Waals surface area (Å²) in [5.41, 5.74) is 0.792. The fourth-order valence-corrected chi connectivity index (χ4v) is 1.97. The molecule has 1 fully saturated rings. The van der Waals surface area contributed by atoms with Crippen molar-refractivity contribution < 1.29 is 4.79 Å². The number of hydrogen-bond donors (Lipinski definition) is 0. The molecule has 0 aromatic rings. The molecular formula is C8H10ClNO. The zero-order chi connectivity index (χ0) is 7.84. The summed E-state index contributed by atoms with van der Waals surface area (Å²) in [5.74, 6) is 0.585. The molecule has 0 spiro atoms. The lowest BCUT2D eigenvalue weighted by molar-refractivity contribution is -0.108. The van der Waals surface area contributed by atoms with Crippen LogP contribution < -0.4 is 0 Å². The Morgan fingerprint density at radius 3 is 3.18 bits per heavy atom. The van der Waals surface area contributed by atoms with Crippen molar-refractivity contribution in [3.63, 3.8) is 0 Å². The molecule has 1 saturated heterocycles. The van der Waals surface area contributed by atoms with Crippen LogP contribution in [0.4, 0.5) is 0 Å². The second-order valence-electron chi connectivity index (χ2n) is 3.25. The Labute approximate surface area is 70.8 Å². The predicted octanol–water partition coefficient (Wildman–Crippen LogP) is 1.01. The molecule has 2 heterocycles. The van der Waals surface area contributed by atoms with Crippen molar-refractivity contribution in [2.45, 2.75) is 6.42 Å². The van der Waals surface area contributed by atoms with E-state index < -0.39 is 0 Å². The quantitative estimate of drug-likeness (QED) is 0.549. The summed E-state index contributed by atoms with van der Waals surface area (Å²) in [7, 11) is 0. The van der Waals surface area contributed by atoms with Gasteiger partial charge in [0.1, 0.15) is 0 Å². The van der Waals surface area contributed by atoms with Crippen molar-refractivity contribution in [3.8, 4) is 0 Å². The molecule has 60 valence electrons. The number of carbonyl (C=O) groups is 1. The van der Waals surface area contributed by atoms with Gasteiger partial charge in [-0.1, -0.05) is 6.08 Å². The van der Waals surface area contributed by atoms with Crippen LogP contribution in [0.1, 0.15) is 6.42 Å². The van der Waals surface area contributed by atoms with E-state index in [1.165, 1.54) is 6.42 Å². The number of carbonyl (C=O) groups excluding carboxylic acids is 1. The van der Waals surface area contributed by atoms with E-state index in [1.807, 2.05) is 6.08 Å². The van der Waals surface area contributed by atoms with Crippen LogP contribution >= 0.6 is 11.6 Å². The molecule has 11 heavy (non-hydrogen) atoms. The lowest BCUT2D eigenvalue weighted by Crippen LogP contribution is -2.28. The highest BCUT2D eigenvalue weighted by Crippen LogP contribution is 2.25. The van der Waals surface area contributed by atoms with Crippen LogP contribution in [-0.4, -0.2) is 29.8 Å². The first-order chi connectivity index (χ1) is 5.25. The van der Waals surface area contributed by atoms with Gasteiger partial charge < -0.3 is 0 Å². The van der Waals surface area contributed by atoms with Gasteiger partial charge in [-0.2, -0.15) is 0 Å². The first-order valence-electron chi connectivity index (χ1n) is 3.88. The van der Waals surface area contributed by atoms with Crippen molar-refractivity contribution in [2.75, 3.05) is 19.6 Å². The van der Waals surface area contributed by atoms with E-state index in [2.05, 4.69) is 4.90 Å². The van der Waals surface area contributed by atoms with Gasteiger partial charge in [0.05, 0.1) is 0 Å². The number of halogens is 1. The highest BCUT2D eigenvalue weighted by atomic mass is 35.5. The topological polar surface area (TPSA) is 20.3 Å². The molecule has 2 nitrogen and oxygen atoms in total. The first-order valence-corrected chi connectivity index (χ1v) is 4.26. The van der Waals surface area contributed by atoms with E-state index in [1.54, 1.807) is 0 Å². The average Bonchev–Trinajstić information content (AvgIpc) is 2.30. The molecule has 0 amide bonds. The average molecular weight is 172 g/mol. The molecule has 2 aliphatic rings. The van der Waals surface area contributed by atoms with Gasteiger partial charge in [0.15, 0.2) is 0 Å². The van der Waals surface area contributed by atoms with E-state index in [9.17, 15) is 4.79 Å². The van der Waals surface area contributed by atoms with E-state index in [0.717, 1.165) is 25.2 Å². The fourth-order valence-electron chi connectivity index (χ4n) is 1.85. The Bertz CT molecular complexity index is 224. The summed E-state index contributed by atoms with van der Waals surface area (Å²) in [4.78, 5) is 13.1. The van der Waals surface area contributed by atoms with Gasteiger partial charge in [0.2, 0.25) is 5.24 Å². The van der Waals surface area contributed by atoms with Crippen molar-refractivity contribution in [2.24, 2.45) is 5.92 Å². The van der Waals surface area contributed by atoms with Gasteiger partial charge in [-0.25, -0.2) is 0 Å². The molecule has 0 aliphatic carbocycles. The maximum atomic E-state index is 10.8. The monoisotopic (exact) mass is 171 g/mol. The van der Waals surface area contributed by atoms with Crippen LogP contribution in [0.5, 0.6) is 0 Å². The molecule has 2 aliphatic heterocycles. The summed E-state index contributed by atoms with van der Waals surface area (Å²) >= 11 is 5.38. The minimum Gasteiger partial charge on any atom is -0.298 e. The van der Waals surface area contributed by atoms with Crippen molar-refractivity contribution in [3.05, 3.63) is 11.6 Å². The molecular weight excluding hydrogens is 162 g/mol. The van der Waals surface area contributed by atoms with Crippen LogP contribution in [0.15, 0.2) is 11.6 Å². The van der Waals surface area contributed by atoms with E-state index >= 15 is 0 Å². The molecule has 0 N–H and O–H groups in total. The van der Waals surface area contributed by atoms with Crippen molar-refractivity contribution in [1.82, 2.24) is 4.90 Å². The first kappa shape index (κ1) is 7.32. The van der Waals surface area contributed by atoms with E-state index in [-0.39, 0.29) is 5.24 Å². The number of rotatable bonds is 1. The van der Waals surface area contributed by atoms with Crippen molar-refractivity contribution in [1.29, 1.82) is 0 Å². The maximum Gasteiger partial charge on any atom is 0.249 e. The van der Waals surface area contributed by atoms with Gasteiger partial charge in [-0.3, -0.25) is 9.69 Å². The third kappa shape index (κ3) is 1.33. The molecule has 2 atom stereocenters. The van der Waals surface area contributed by atoms with Crippen LogP contribution in [0.3, 0.4) is 0 Å². The number of hydrogen-bond acceptors (Lipinski definition) is 2. The molecule has 0 radical (unpaired) electrons. The van der Waals surface area contributed by atoms with Gasteiger partial charge in [-0.05, 0) is 30.5 Å². The molecule has 0 aromatic carbocycles. The minimum absolute atomic E-state index is 0.276. The zero-order valence-electron chi connectivity index (χ0n) is 6.22. The molecule has 3 heteroatoms. The maximum absolute atomic E-state index is 10.8. The third-order valence-electron chi connectivity index (χ3n) is 2.39. The second kappa shape index (κ2) is 2.61.